The minimum atomic E-state index is -3.61. The van der Waals surface area contributed by atoms with Crippen LogP contribution in [0.4, 0.5) is 4.39 Å². The van der Waals surface area contributed by atoms with Gasteiger partial charge in [-0.3, -0.25) is 0 Å². The molecule has 3 rings (SSSR count). The lowest BCUT2D eigenvalue weighted by Gasteiger charge is -2.42. The molecule has 116 valence electrons. The lowest BCUT2D eigenvalue weighted by atomic mass is 9.69. The van der Waals surface area contributed by atoms with Gasteiger partial charge in [0.25, 0.3) is 0 Å². The van der Waals surface area contributed by atoms with Crippen molar-refractivity contribution >= 4 is 10.0 Å². The van der Waals surface area contributed by atoms with Gasteiger partial charge in [-0.1, -0.05) is 20.8 Å². The maximum atomic E-state index is 13.0. The molecule has 0 heterocycles. The van der Waals surface area contributed by atoms with Crippen molar-refractivity contribution < 1.29 is 12.8 Å². The summed E-state index contributed by atoms with van der Waals surface area (Å²) in [6.07, 6.45) is 3.33. The van der Waals surface area contributed by atoms with E-state index >= 15 is 0 Å². The fraction of sp³-hybridized carbons (Fsp3) is 0.625. The van der Waals surface area contributed by atoms with Gasteiger partial charge < -0.3 is 0 Å². The molecule has 1 N–H and O–H groups in total. The summed E-state index contributed by atoms with van der Waals surface area (Å²) in [7, 11) is -3.61. The number of fused-ring (bicyclic) bond motifs is 2. The van der Waals surface area contributed by atoms with Crippen LogP contribution in [0, 0.1) is 22.6 Å². The highest BCUT2D eigenvalue weighted by Gasteiger charge is 2.60. The number of hydrogen-bond donors (Lipinski definition) is 1. The molecule has 0 radical (unpaired) electrons. The van der Waals surface area contributed by atoms with Crippen LogP contribution in [-0.4, -0.2) is 14.5 Å². The van der Waals surface area contributed by atoms with Crippen LogP contribution in [0.2, 0.25) is 0 Å². The summed E-state index contributed by atoms with van der Waals surface area (Å²) in [5.41, 5.74) is -0.0125. The molecule has 1 aromatic carbocycles. The van der Waals surface area contributed by atoms with Gasteiger partial charge in [-0.25, -0.2) is 17.5 Å². The van der Waals surface area contributed by atoms with Crippen LogP contribution in [-0.2, 0) is 10.0 Å². The van der Waals surface area contributed by atoms with Gasteiger partial charge in [0, 0.05) is 6.04 Å². The van der Waals surface area contributed by atoms with Gasteiger partial charge in [-0.05, 0) is 60.3 Å². The molecular formula is C16H22FNO2S. The van der Waals surface area contributed by atoms with Crippen molar-refractivity contribution in [3.63, 3.8) is 0 Å². The zero-order valence-electron chi connectivity index (χ0n) is 12.7. The molecule has 2 bridgehead atoms. The van der Waals surface area contributed by atoms with E-state index in [1.807, 2.05) is 0 Å². The first-order chi connectivity index (χ1) is 9.65. The van der Waals surface area contributed by atoms with Crippen LogP contribution in [0.5, 0.6) is 0 Å². The Morgan fingerprint density at radius 1 is 1.19 bits per heavy atom. The third kappa shape index (κ3) is 2.30. The highest BCUT2D eigenvalue weighted by atomic mass is 32.2. The van der Waals surface area contributed by atoms with Crippen molar-refractivity contribution in [1.82, 2.24) is 4.72 Å². The molecule has 3 atom stereocenters. The summed E-state index contributed by atoms with van der Waals surface area (Å²) in [4.78, 5) is 0.131. The van der Waals surface area contributed by atoms with E-state index in [-0.39, 0.29) is 21.8 Å². The van der Waals surface area contributed by atoms with Crippen LogP contribution >= 0.6 is 0 Å². The first-order valence-electron chi connectivity index (χ1n) is 7.43. The van der Waals surface area contributed by atoms with Crippen molar-refractivity contribution in [2.24, 2.45) is 16.7 Å². The van der Waals surface area contributed by atoms with E-state index in [2.05, 4.69) is 25.5 Å². The zero-order chi connectivity index (χ0) is 15.5. The Labute approximate surface area is 126 Å². The van der Waals surface area contributed by atoms with Gasteiger partial charge >= 0.3 is 0 Å². The fourth-order valence-electron chi connectivity index (χ4n) is 4.43. The molecule has 0 aliphatic heterocycles. The van der Waals surface area contributed by atoms with Crippen LogP contribution < -0.4 is 4.72 Å². The molecule has 0 aromatic heterocycles. The van der Waals surface area contributed by atoms with E-state index in [1.54, 1.807) is 0 Å². The van der Waals surface area contributed by atoms with Gasteiger partial charge in [-0.2, -0.15) is 0 Å². The van der Waals surface area contributed by atoms with Gasteiger partial charge in [-0.15, -0.1) is 0 Å². The molecule has 1 aromatic rings. The number of halogens is 1. The van der Waals surface area contributed by atoms with Gasteiger partial charge in [0.1, 0.15) is 5.82 Å². The first kappa shape index (κ1) is 15.0. The summed E-state index contributed by atoms with van der Waals surface area (Å²) < 4.78 is 41.0. The number of hydrogen-bond acceptors (Lipinski definition) is 2. The van der Waals surface area contributed by atoms with Crippen LogP contribution in [0.15, 0.2) is 29.2 Å². The molecule has 0 saturated heterocycles. The average Bonchev–Trinajstić information content (AvgIpc) is 2.87. The topological polar surface area (TPSA) is 46.2 Å². The van der Waals surface area contributed by atoms with Crippen molar-refractivity contribution in [1.29, 1.82) is 0 Å². The molecule has 5 heteroatoms. The number of benzene rings is 1. The molecule has 0 spiro atoms. The molecule has 3 nitrogen and oxygen atoms in total. The Morgan fingerprint density at radius 2 is 1.81 bits per heavy atom. The Bertz CT molecular complexity index is 649. The van der Waals surface area contributed by atoms with Crippen molar-refractivity contribution in [2.75, 3.05) is 0 Å². The highest BCUT2D eigenvalue weighted by Crippen LogP contribution is 2.62. The highest BCUT2D eigenvalue weighted by molar-refractivity contribution is 7.89. The van der Waals surface area contributed by atoms with E-state index in [4.69, 9.17) is 0 Å². The lowest BCUT2D eigenvalue weighted by molar-refractivity contribution is 0.127. The van der Waals surface area contributed by atoms with Crippen LogP contribution in [0.25, 0.3) is 0 Å². The largest absolute Gasteiger partial charge is 0.240 e. The molecule has 21 heavy (non-hydrogen) atoms. The third-order valence-corrected chi connectivity index (χ3v) is 7.11. The number of sulfonamides is 1. The smallest absolute Gasteiger partial charge is 0.207 e. The lowest BCUT2D eigenvalue weighted by Crippen LogP contribution is -2.52. The minimum absolute atomic E-state index is 0.0290. The van der Waals surface area contributed by atoms with E-state index in [0.717, 1.165) is 12.8 Å². The van der Waals surface area contributed by atoms with E-state index in [1.165, 1.54) is 30.7 Å². The Kier molecular flexibility index (Phi) is 3.23. The van der Waals surface area contributed by atoms with Gasteiger partial charge in [0.15, 0.2) is 0 Å². The molecule has 0 unspecified atom stereocenters. The van der Waals surface area contributed by atoms with E-state index in [9.17, 15) is 12.8 Å². The summed E-state index contributed by atoms with van der Waals surface area (Å²) in [5, 5.41) is 0. The molecule has 2 aliphatic carbocycles. The van der Waals surface area contributed by atoms with Crippen molar-refractivity contribution in [2.45, 2.75) is 51.0 Å². The fourth-order valence-corrected chi connectivity index (χ4v) is 5.96. The third-order valence-electron chi connectivity index (χ3n) is 5.67. The first-order valence-corrected chi connectivity index (χ1v) is 8.91. The number of rotatable bonds is 3. The predicted molar refractivity (Wildman–Crippen MR) is 79.7 cm³/mol. The summed E-state index contributed by atoms with van der Waals surface area (Å²) in [6, 6.07) is 4.93. The quantitative estimate of drug-likeness (QED) is 0.931. The van der Waals surface area contributed by atoms with E-state index in [0.29, 0.717) is 5.92 Å². The monoisotopic (exact) mass is 311 g/mol. The molecule has 2 fully saturated rings. The SMILES string of the molecule is CC1(C)[C@H]2CC[C@](C)(C2)[C@@H]1NS(=O)(=O)c1ccc(F)cc1. The van der Waals surface area contributed by atoms with Crippen LogP contribution in [0.3, 0.4) is 0 Å². The standard InChI is InChI=1S/C16H22FNO2S/c1-15(2)11-8-9-16(3,10-11)14(15)18-21(19,20)13-6-4-12(17)5-7-13/h4-7,11,14,18H,8-10H2,1-3H3/t11-,14+,16+/m0/s1. The predicted octanol–water partition coefficient (Wildman–Crippen LogP) is 3.32. The second-order valence-corrected chi connectivity index (χ2v) is 9.14. The Morgan fingerprint density at radius 3 is 2.33 bits per heavy atom. The van der Waals surface area contributed by atoms with Gasteiger partial charge in [0.2, 0.25) is 10.0 Å². The Balaban J connectivity index is 1.91. The van der Waals surface area contributed by atoms with Crippen molar-refractivity contribution in [3.8, 4) is 0 Å². The van der Waals surface area contributed by atoms with E-state index < -0.39 is 15.8 Å². The molecule has 2 saturated carbocycles. The zero-order valence-corrected chi connectivity index (χ0v) is 13.5. The maximum Gasteiger partial charge on any atom is 0.240 e. The van der Waals surface area contributed by atoms with Crippen LogP contribution in [0.1, 0.15) is 40.0 Å². The normalized spacial score (nSPS) is 34.3. The summed E-state index contributed by atoms with van der Waals surface area (Å²) >= 11 is 0. The van der Waals surface area contributed by atoms with Crippen molar-refractivity contribution in [3.05, 3.63) is 30.1 Å². The molecular weight excluding hydrogens is 289 g/mol. The maximum absolute atomic E-state index is 13.0. The average molecular weight is 311 g/mol. The van der Waals surface area contributed by atoms with Gasteiger partial charge in [0.05, 0.1) is 4.90 Å². The number of nitrogens with one attached hydrogen (secondary N) is 1. The summed E-state index contributed by atoms with van der Waals surface area (Å²) in [6.45, 7) is 6.49. The summed E-state index contributed by atoms with van der Waals surface area (Å²) in [5.74, 6) is 0.143. The second-order valence-electron chi connectivity index (χ2n) is 7.42. The second kappa shape index (κ2) is 4.53. The Hall–Kier alpha value is -0.940. The minimum Gasteiger partial charge on any atom is -0.207 e. The molecule has 0 amide bonds. The molecule has 2 aliphatic rings.